The van der Waals surface area contributed by atoms with Crippen LogP contribution in [0.25, 0.3) is 5.57 Å². The Balaban J connectivity index is 2.78. The highest BCUT2D eigenvalue weighted by molar-refractivity contribution is 7.95. The molecular formula is C12H12F3NO2S. The van der Waals surface area contributed by atoms with Crippen molar-refractivity contribution in [3.63, 3.8) is 0 Å². The Bertz CT molecular complexity index is 647. The van der Waals surface area contributed by atoms with Crippen LogP contribution in [-0.4, -0.2) is 21.5 Å². The molecular weight excluding hydrogens is 279 g/mol. The summed E-state index contributed by atoms with van der Waals surface area (Å²) in [6.07, 6.45) is -4.59. The van der Waals surface area contributed by atoms with Gasteiger partial charge in [0.15, 0.2) is 0 Å². The van der Waals surface area contributed by atoms with E-state index in [2.05, 4.69) is 5.32 Å². The zero-order valence-corrected chi connectivity index (χ0v) is 11.1. The van der Waals surface area contributed by atoms with Crippen LogP contribution in [-0.2, 0) is 16.0 Å². The summed E-state index contributed by atoms with van der Waals surface area (Å²) in [5.74, 6) is 0. The highest BCUT2D eigenvalue weighted by Gasteiger charge is 2.40. The third-order valence-corrected chi connectivity index (χ3v) is 4.63. The second kappa shape index (κ2) is 4.35. The molecule has 2 rings (SSSR count). The molecule has 1 N–H and O–H groups in total. The molecule has 1 aromatic carbocycles. The third-order valence-electron chi connectivity index (χ3n) is 3.11. The normalized spacial score (nSPS) is 18.9. The number of rotatable bonds is 2. The molecule has 0 saturated heterocycles. The van der Waals surface area contributed by atoms with Gasteiger partial charge in [-0.25, -0.2) is 8.42 Å². The number of hydrogen-bond donors (Lipinski definition) is 1. The Morgan fingerprint density at radius 1 is 1.26 bits per heavy atom. The van der Waals surface area contributed by atoms with E-state index in [-0.39, 0.29) is 16.0 Å². The minimum atomic E-state index is -4.59. The monoisotopic (exact) mass is 291 g/mol. The molecule has 0 bridgehead atoms. The summed E-state index contributed by atoms with van der Waals surface area (Å²) in [6.45, 7) is 1.61. The molecule has 0 aliphatic carbocycles. The molecule has 19 heavy (non-hydrogen) atoms. The van der Waals surface area contributed by atoms with Crippen molar-refractivity contribution in [2.24, 2.45) is 0 Å². The summed E-state index contributed by atoms with van der Waals surface area (Å²) in [6, 6.07) is 2.72. The van der Waals surface area contributed by atoms with E-state index >= 15 is 0 Å². The maximum absolute atomic E-state index is 13.0. The molecule has 0 amide bonds. The van der Waals surface area contributed by atoms with E-state index in [0.29, 0.717) is 0 Å². The average molecular weight is 291 g/mol. The van der Waals surface area contributed by atoms with Gasteiger partial charge in [0.1, 0.15) is 0 Å². The Labute approximate surface area is 109 Å². The average Bonchev–Trinajstić information content (AvgIpc) is 2.59. The number of nitrogens with one attached hydrogen (secondary N) is 1. The Morgan fingerprint density at radius 2 is 1.89 bits per heavy atom. The lowest BCUT2D eigenvalue weighted by molar-refractivity contribution is -0.137. The van der Waals surface area contributed by atoms with Crippen LogP contribution < -0.4 is 5.32 Å². The Hall–Kier alpha value is -1.34. The second-order valence-corrected chi connectivity index (χ2v) is 6.07. The van der Waals surface area contributed by atoms with Crippen molar-refractivity contribution in [1.82, 2.24) is 5.32 Å². The SMILES string of the molecule is CNC(C)C1=CS(=O)(=O)c2cccc(C(F)(F)F)c21. The van der Waals surface area contributed by atoms with Crippen LogP contribution in [0.5, 0.6) is 0 Å². The van der Waals surface area contributed by atoms with E-state index in [1.807, 2.05) is 0 Å². The molecule has 1 aliphatic heterocycles. The van der Waals surface area contributed by atoms with Gasteiger partial charge in [0.25, 0.3) is 0 Å². The van der Waals surface area contributed by atoms with Gasteiger partial charge in [-0.2, -0.15) is 13.2 Å². The minimum absolute atomic E-state index is 0.144. The zero-order valence-electron chi connectivity index (χ0n) is 10.2. The number of fused-ring (bicyclic) bond motifs is 1. The Morgan fingerprint density at radius 3 is 2.42 bits per heavy atom. The van der Waals surface area contributed by atoms with Crippen molar-refractivity contribution in [2.75, 3.05) is 7.05 Å². The maximum Gasteiger partial charge on any atom is 0.417 e. The molecule has 3 nitrogen and oxygen atoms in total. The molecule has 104 valence electrons. The summed E-state index contributed by atoms with van der Waals surface area (Å²) >= 11 is 0. The van der Waals surface area contributed by atoms with Crippen LogP contribution in [0.4, 0.5) is 13.2 Å². The van der Waals surface area contributed by atoms with Crippen molar-refractivity contribution >= 4 is 15.4 Å². The summed E-state index contributed by atoms with van der Waals surface area (Å²) in [4.78, 5) is -0.278. The van der Waals surface area contributed by atoms with E-state index in [1.165, 1.54) is 6.07 Å². The largest absolute Gasteiger partial charge is 0.417 e. The first-order valence-corrected chi connectivity index (χ1v) is 7.07. The first-order valence-electron chi connectivity index (χ1n) is 5.53. The number of benzene rings is 1. The lowest BCUT2D eigenvalue weighted by Crippen LogP contribution is -2.23. The van der Waals surface area contributed by atoms with Gasteiger partial charge in [-0.1, -0.05) is 6.07 Å². The topological polar surface area (TPSA) is 46.2 Å². The van der Waals surface area contributed by atoms with Crippen molar-refractivity contribution in [3.05, 3.63) is 34.7 Å². The van der Waals surface area contributed by atoms with Gasteiger partial charge in [-0.05, 0) is 31.7 Å². The standard InChI is InChI=1S/C12H12F3NO2S/c1-7(16-2)8-6-19(17,18)10-5-3-4-9(11(8)10)12(13,14)15/h3-7,16H,1-2H3. The molecule has 7 heteroatoms. The molecule has 0 fully saturated rings. The summed E-state index contributed by atoms with van der Waals surface area (Å²) < 4.78 is 62.8. The van der Waals surface area contributed by atoms with Crippen LogP contribution in [0.1, 0.15) is 18.1 Å². The molecule has 0 spiro atoms. The lowest BCUT2D eigenvalue weighted by atomic mass is 9.96. The zero-order chi connectivity index (χ0) is 14.4. The third kappa shape index (κ3) is 2.28. The number of likely N-dealkylation sites (N-methyl/N-ethyl adjacent to an activating group) is 1. The van der Waals surface area contributed by atoms with Crippen LogP contribution in [0.3, 0.4) is 0 Å². The second-order valence-electron chi connectivity index (χ2n) is 4.31. The van der Waals surface area contributed by atoms with Gasteiger partial charge < -0.3 is 5.32 Å². The van der Waals surface area contributed by atoms with Gasteiger partial charge in [-0.3, -0.25) is 0 Å². The number of sulfone groups is 1. The number of alkyl halides is 3. The quantitative estimate of drug-likeness (QED) is 0.910. The van der Waals surface area contributed by atoms with Crippen LogP contribution >= 0.6 is 0 Å². The van der Waals surface area contributed by atoms with Crippen LogP contribution in [0, 0.1) is 0 Å². The van der Waals surface area contributed by atoms with Crippen LogP contribution in [0.2, 0.25) is 0 Å². The molecule has 1 heterocycles. The van der Waals surface area contributed by atoms with E-state index < -0.39 is 27.6 Å². The highest BCUT2D eigenvalue weighted by Crippen LogP contribution is 2.43. The molecule has 0 aromatic heterocycles. The first kappa shape index (κ1) is 14.1. The van der Waals surface area contributed by atoms with Crippen LogP contribution in [0.15, 0.2) is 28.5 Å². The fraction of sp³-hybridized carbons (Fsp3) is 0.333. The molecule has 1 atom stereocenters. The summed E-state index contributed by atoms with van der Waals surface area (Å²) in [5.41, 5.74) is -1.01. The predicted molar refractivity (Wildman–Crippen MR) is 65.1 cm³/mol. The summed E-state index contributed by atoms with van der Waals surface area (Å²) in [5, 5.41) is 3.67. The van der Waals surface area contributed by atoms with Crippen molar-refractivity contribution in [1.29, 1.82) is 0 Å². The highest BCUT2D eigenvalue weighted by atomic mass is 32.2. The van der Waals surface area contributed by atoms with E-state index in [0.717, 1.165) is 17.5 Å². The first-order chi connectivity index (χ1) is 8.68. The smallest absolute Gasteiger partial charge is 0.313 e. The van der Waals surface area contributed by atoms with E-state index in [4.69, 9.17) is 0 Å². The van der Waals surface area contributed by atoms with Gasteiger partial charge in [0.05, 0.1) is 10.5 Å². The van der Waals surface area contributed by atoms with Gasteiger partial charge in [-0.15, -0.1) is 0 Å². The van der Waals surface area contributed by atoms with Gasteiger partial charge in [0, 0.05) is 17.0 Å². The fourth-order valence-electron chi connectivity index (χ4n) is 2.07. The van der Waals surface area contributed by atoms with E-state index in [9.17, 15) is 21.6 Å². The number of hydrogen-bond acceptors (Lipinski definition) is 3. The lowest BCUT2D eigenvalue weighted by Gasteiger charge is -2.17. The Kier molecular flexibility index (Phi) is 3.22. The molecule has 0 radical (unpaired) electrons. The van der Waals surface area contributed by atoms with Crippen molar-refractivity contribution < 1.29 is 21.6 Å². The van der Waals surface area contributed by atoms with E-state index in [1.54, 1.807) is 14.0 Å². The predicted octanol–water partition coefficient (Wildman–Crippen LogP) is 2.44. The maximum atomic E-state index is 13.0. The molecule has 0 saturated carbocycles. The molecule has 1 aliphatic rings. The molecule has 1 unspecified atom stereocenters. The molecule has 1 aromatic rings. The minimum Gasteiger partial charge on any atom is -0.313 e. The van der Waals surface area contributed by atoms with Crippen molar-refractivity contribution in [2.45, 2.75) is 24.0 Å². The van der Waals surface area contributed by atoms with Gasteiger partial charge in [0.2, 0.25) is 9.84 Å². The number of halogens is 3. The van der Waals surface area contributed by atoms with Crippen molar-refractivity contribution in [3.8, 4) is 0 Å². The fourth-order valence-corrected chi connectivity index (χ4v) is 3.63. The summed E-state index contributed by atoms with van der Waals surface area (Å²) in [7, 11) is -2.23. The van der Waals surface area contributed by atoms with Gasteiger partial charge >= 0.3 is 6.18 Å².